The average molecular weight is 461 g/mol. The Labute approximate surface area is 184 Å². The van der Waals surface area contributed by atoms with Crippen LogP contribution in [0.3, 0.4) is 0 Å². The van der Waals surface area contributed by atoms with E-state index >= 15 is 0 Å². The van der Waals surface area contributed by atoms with Crippen LogP contribution in [-0.4, -0.2) is 43.4 Å². The second kappa shape index (κ2) is 8.50. The van der Waals surface area contributed by atoms with Gasteiger partial charge in [0.2, 0.25) is 0 Å². The summed E-state index contributed by atoms with van der Waals surface area (Å²) in [7, 11) is -2.00. The van der Waals surface area contributed by atoms with Crippen molar-refractivity contribution in [1.82, 2.24) is 14.9 Å². The molecule has 0 radical (unpaired) electrons. The number of hydrogen-bond acceptors (Lipinski definition) is 6. The predicted octanol–water partition coefficient (Wildman–Crippen LogP) is 5.02. The van der Waals surface area contributed by atoms with Crippen LogP contribution < -0.4 is 4.31 Å². The third kappa shape index (κ3) is 3.90. The zero-order valence-corrected chi connectivity index (χ0v) is 19.6. The number of sulfonamides is 1. The highest BCUT2D eigenvalue weighted by Gasteiger charge is 2.24. The smallest absolute Gasteiger partial charge is 0.273 e. The number of benzene rings is 1. The number of anilines is 1. The van der Waals surface area contributed by atoms with Gasteiger partial charge in [-0.3, -0.25) is 9.21 Å². The van der Waals surface area contributed by atoms with Crippen molar-refractivity contribution in [2.24, 2.45) is 0 Å². The van der Waals surface area contributed by atoms with E-state index in [-0.39, 0.29) is 0 Å². The minimum absolute atomic E-state index is 0.328. The number of aromatic amines is 1. The molecule has 4 rings (SSSR count). The lowest BCUT2D eigenvalue weighted by Gasteiger charge is -2.19. The van der Waals surface area contributed by atoms with Gasteiger partial charge in [-0.25, -0.2) is 13.4 Å². The van der Waals surface area contributed by atoms with Crippen LogP contribution in [0.1, 0.15) is 18.7 Å². The van der Waals surface area contributed by atoms with E-state index in [1.54, 1.807) is 35.9 Å². The highest BCUT2D eigenvalue weighted by molar-refractivity contribution is 7.94. The Kier molecular flexibility index (Phi) is 5.97. The normalized spacial score (nSPS) is 12.1. The Morgan fingerprint density at radius 2 is 1.93 bits per heavy atom. The molecule has 3 aromatic heterocycles. The average Bonchev–Trinajstić information content (AvgIpc) is 3.51. The van der Waals surface area contributed by atoms with Crippen LogP contribution in [0, 0.1) is 0 Å². The number of thiophene rings is 1. The summed E-state index contributed by atoms with van der Waals surface area (Å²) in [5.74, 6) is 0. The fourth-order valence-corrected chi connectivity index (χ4v) is 6.66. The van der Waals surface area contributed by atoms with Crippen LogP contribution in [0.25, 0.3) is 21.6 Å². The Hall–Kier alpha value is -2.20. The zero-order chi connectivity index (χ0) is 21.3. The fraction of sp³-hybridized carbons (Fsp3) is 0.286. The van der Waals surface area contributed by atoms with Gasteiger partial charge in [-0.2, -0.15) is 0 Å². The number of H-pyrrole nitrogens is 1. The van der Waals surface area contributed by atoms with Gasteiger partial charge in [-0.1, -0.05) is 32.0 Å². The largest absolute Gasteiger partial charge is 0.351 e. The SMILES string of the molecule is CCN(CC)Cc1cnc(-c2cc3cccc(N(C)S(=O)(=O)c4cccs4)c3[nH]2)s1. The first kappa shape index (κ1) is 21.0. The van der Waals surface area contributed by atoms with Crippen LogP contribution in [0.5, 0.6) is 0 Å². The van der Waals surface area contributed by atoms with E-state index in [1.807, 2.05) is 30.5 Å². The molecule has 0 saturated heterocycles. The number of aromatic nitrogens is 2. The molecule has 4 aromatic rings. The van der Waals surface area contributed by atoms with Crippen LogP contribution >= 0.6 is 22.7 Å². The molecule has 30 heavy (non-hydrogen) atoms. The number of nitrogens with one attached hydrogen (secondary N) is 1. The van der Waals surface area contributed by atoms with E-state index in [9.17, 15) is 8.42 Å². The maximum Gasteiger partial charge on any atom is 0.273 e. The molecule has 1 aromatic carbocycles. The Morgan fingerprint density at radius 1 is 1.13 bits per heavy atom. The van der Waals surface area contributed by atoms with E-state index in [0.717, 1.165) is 41.2 Å². The molecule has 0 aliphatic heterocycles. The molecule has 0 atom stereocenters. The number of fused-ring (bicyclic) bond motifs is 1. The highest BCUT2D eigenvalue weighted by Crippen LogP contribution is 2.34. The summed E-state index contributed by atoms with van der Waals surface area (Å²) in [6.07, 6.45) is 1.93. The molecule has 0 unspecified atom stereocenters. The van der Waals surface area contributed by atoms with Gasteiger partial charge in [0, 0.05) is 30.1 Å². The molecule has 0 aliphatic rings. The standard InChI is InChI=1S/C21H24N4O2S3/c1-4-25(5-2)14-16-13-22-21(29-16)17-12-15-8-6-9-18(20(15)23-17)24(3)30(26,27)19-10-7-11-28-19/h6-13,23H,4-5,14H2,1-3H3. The zero-order valence-electron chi connectivity index (χ0n) is 17.1. The van der Waals surface area contributed by atoms with Crippen molar-refractivity contribution in [1.29, 1.82) is 0 Å². The molecule has 0 saturated carbocycles. The molecule has 158 valence electrons. The van der Waals surface area contributed by atoms with Crippen molar-refractivity contribution in [3.63, 3.8) is 0 Å². The molecule has 0 amide bonds. The van der Waals surface area contributed by atoms with E-state index in [1.165, 1.54) is 20.5 Å². The number of hydrogen-bond donors (Lipinski definition) is 1. The van der Waals surface area contributed by atoms with E-state index < -0.39 is 10.0 Å². The highest BCUT2D eigenvalue weighted by atomic mass is 32.2. The minimum Gasteiger partial charge on any atom is -0.351 e. The summed E-state index contributed by atoms with van der Waals surface area (Å²) >= 11 is 2.88. The molecular formula is C21H24N4O2S3. The Morgan fingerprint density at radius 3 is 2.63 bits per heavy atom. The molecule has 1 N–H and O–H groups in total. The lowest BCUT2D eigenvalue weighted by molar-refractivity contribution is 0.298. The van der Waals surface area contributed by atoms with Gasteiger partial charge in [0.05, 0.1) is 16.9 Å². The van der Waals surface area contributed by atoms with E-state index in [4.69, 9.17) is 0 Å². The Balaban J connectivity index is 1.69. The van der Waals surface area contributed by atoms with Crippen molar-refractivity contribution in [3.05, 3.63) is 52.9 Å². The van der Waals surface area contributed by atoms with Crippen molar-refractivity contribution in [2.45, 2.75) is 24.6 Å². The molecule has 3 heterocycles. The van der Waals surface area contributed by atoms with Crippen LogP contribution in [0.15, 0.2) is 52.2 Å². The van der Waals surface area contributed by atoms with Crippen molar-refractivity contribution < 1.29 is 8.42 Å². The summed E-state index contributed by atoms with van der Waals surface area (Å²) < 4.78 is 27.6. The maximum atomic E-state index is 13.0. The third-order valence-electron chi connectivity index (χ3n) is 5.14. The Bertz CT molecular complexity index is 1240. The van der Waals surface area contributed by atoms with Gasteiger partial charge in [0.25, 0.3) is 10.0 Å². The minimum atomic E-state index is -3.60. The summed E-state index contributed by atoms with van der Waals surface area (Å²) in [4.78, 5) is 11.6. The first-order chi connectivity index (χ1) is 14.4. The number of thiazole rings is 1. The topological polar surface area (TPSA) is 69.3 Å². The molecule has 0 fully saturated rings. The molecule has 9 heteroatoms. The first-order valence-electron chi connectivity index (χ1n) is 9.75. The quantitative estimate of drug-likeness (QED) is 0.401. The molecule has 0 spiro atoms. The van der Waals surface area contributed by atoms with Gasteiger partial charge < -0.3 is 4.98 Å². The second-order valence-electron chi connectivity index (χ2n) is 6.92. The lowest BCUT2D eigenvalue weighted by Crippen LogP contribution is -2.26. The fourth-order valence-electron chi connectivity index (χ4n) is 3.37. The van der Waals surface area contributed by atoms with Gasteiger partial charge in [-0.05, 0) is 36.7 Å². The summed E-state index contributed by atoms with van der Waals surface area (Å²) in [6, 6.07) is 11.1. The summed E-state index contributed by atoms with van der Waals surface area (Å²) in [6.45, 7) is 7.21. The van der Waals surface area contributed by atoms with E-state index in [2.05, 4.69) is 28.7 Å². The third-order valence-corrected chi connectivity index (χ3v) is 9.30. The van der Waals surface area contributed by atoms with Gasteiger partial charge in [0.1, 0.15) is 9.22 Å². The molecule has 0 bridgehead atoms. The van der Waals surface area contributed by atoms with Crippen molar-refractivity contribution >= 4 is 49.3 Å². The number of para-hydroxylation sites is 1. The van der Waals surface area contributed by atoms with Crippen LogP contribution in [0.4, 0.5) is 5.69 Å². The van der Waals surface area contributed by atoms with Crippen molar-refractivity contribution in [3.8, 4) is 10.7 Å². The van der Waals surface area contributed by atoms with Crippen LogP contribution in [-0.2, 0) is 16.6 Å². The lowest BCUT2D eigenvalue weighted by atomic mass is 10.2. The molecule has 0 aliphatic carbocycles. The molecular weight excluding hydrogens is 436 g/mol. The van der Waals surface area contributed by atoms with Gasteiger partial charge in [0.15, 0.2) is 0 Å². The monoisotopic (exact) mass is 460 g/mol. The summed E-state index contributed by atoms with van der Waals surface area (Å²) in [5.41, 5.74) is 2.30. The second-order valence-corrected chi connectivity index (χ2v) is 11.2. The predicted molar refractivity (Wildman–Crippen MR) is 126 cm³/mol. The summed E-state index contributed by atoms with van der Waals surface area (Å²) in [5, 5.41) is 3.63. The maximum absolute atomic E-state index is 13.0. The van der Waals surface area contributed by atoms with Gasteiger partial charge in [-0.15, -0.1) is 22.7 Å². The van der Waals surface area contributed by atoms with E-state index in [0.29, 0.717) is 9.90 Å². The first-order valence-corrected chi connectivity index (χ1v) is 12.9. The number of rotatable bonds is 8. The number of nitrogens with zero attached hydrogens (tertiary/aromatic N) is 3. The molecule has 6 nitrogen and oxygen atoms in total. The van der Waals surface area contributed by atoms with Gasteiger partial charge >= 0.3 is 0 Å². The van der Waals surface area contributed by atoms with Crippen molar-refractivity contribution in [2.75, 3.05) is 24.4 Å². The van der Waals surface area contributed by atoms with Crippen LogP contribution in [0.2, 0.25) is 0 Å².